The van der Waals surface area contributed by atoms with Gasteiger partial charge in [0.15, 0.2) is 9.84 Å². The molecule has 0 unspecified atom stereocenters. The van der Waals surface area contributed by atoms with Crippen molar-refractivity contribution in [1.82, 2.24) is 4.31 Å². The number of sulfone groups is 1. The average molecular weight is 422 g/mol. The standard InChI is InChI=1S/C15H22N2O8S2/c1-10(19)16-11-3-4-14(25-2)15(7-11)27(23,24)17(5-6-18)12-8-26(21,22)9-13(12)20/h3-4,7,12-13,18,20H,5-6,8-9H2,1-2H3,(H,16,19)/t12-,13-/m1/s1. The molecule has 1 aromatic carbocycles. The van der Waals surface area contributed by atoms with Gasteiger partial charge in [0, 0.05) is 19.2 Å². The number of hydrogen-bond acceptors (Lipinski definition) is 8. The van der Waals surface area contributed by atoms with Crippen molar-refractivity contribution in [3.63, 3.8) is 0 Å². The largest absolute Gasteiger partial charge is 0.495 e. The first-order valence-corrected chi connectivity index (χ1v) is 11.2. The van der Waals surface area contributed by atoms with Crippen molar-refractivity contribution in [2.24, 2.45) is 0 Å². The molecule has 0 radical (unpaired) electrons. The Kier molecular flexibility index (Phi) is 6.47. The molecule has 1 aliphatic rings. The Morgan fingerprint density at radius 3 is 2.52 bits per heavy atom. The van der Waals surface area contributed by atoms with Crippen LogP contribution >= 0.6 is 0 Å². The smallest absolute Gasteiger partial charge is 0.247 e. The number of amides is 1. The molecule has 1 aromatic rings. The fraction of sp³-hybridized carbons (Fsp3) is 0.533. The maximum Gasteiger partial charge on any atom is 0.247 e. The molecule has 1 amide bonds. The summed E-state index contributed by atoms with van der Waals surface area (Å²) in [6, 6.07) is 2.73. The highest BCUT2D eigenvalue weighted by molar-refractivity contribution is 7.92. The second kappa shape index (κ2) is 8.10. The van der Waals surface area contributed by atoms with Crippen molar-refractivity contribution < 1.29 is 36.6 Å². The van der Waals surface area contributed by atoms with Gasteiger partial charge in [0.1, 0.15) is 10.6 Å². The fourth-order valence-corrected chi connectivity index (χ4v) is 6.66. The number of methoxy groups -OCH3 is 1. The number of carbonyl (C=O) groups is 1. The minimum absolute atomic E-state index is 0.0256. The molecular weight excluding hydrogens is 400 g/mol. The van der Waals surface area contributed by atoms with Crippen LogP contribution in [0.4, 0.5) is 5.69 Å². The fourth-order valence-electron chi connectivity index (χ4n) is 2.93. The molecule has 0 aromatic heterocycles. The number of sulfonamides is 1. The lowest BCUT2D eigenvalue weighted by atomic mass is 10.2. The summed E-state index contributed by atoms with van der Waals surface area (Å²) < 4.78 is 55.9. The van der Waals surface area contributed by atoms with Crippen LogP contribution in [0.2, 0.25) is 0 Å². The number of anilines is 1. The van der Waals surface area contributed by atoms with Gasteiger partial charge in [0.25, 0.3) is 0 Å². The molecule has 2 atom stereocenters. The van der Waals surface area contributed by atoms with Crippen LogP contribution in [-0.4, -0.2) is 81.2 Å². The molecule has 3 N–H and O–H groups in total. The van der Waals surface area contributed by atoms with Crippen molar-refractivity contribution in [2.45, 2.75) is 24.0 Å². The van der Waals surface area contributed by atoms with E-state index in [0.717, 1.165) is 4.31 Å². The molecule has 152 valence electrons. The molecule has 0 aliphatic carbocycles. The zero-order valence-corrected chi connectivity index (χ0v) is 16.5. The quantitative estimate of drug-likeness (QED) is 0.496. The highest BCUT2D eigenvalue weighted by Gasteiger charge is 2.45. The van der Waals surface area contributed by atoms with E-state index in [-0.39, 0.29) is 16.3 Å². The summed E-state index contributed by atoms with van der Waals surface area (Å²) in [5.74, 6) is -1.55. The Hall–Kier alpha value is -1.73. The monoisotopic (exact) mass is 422 g/mol. The van der Waals surface area contributed by atoms with E-state index in [9.17, 15) is 31.8 Å². The van der Waals surface area contributed by atoms with Crippen LogP contribution in [0, 0.1) is 0 Å². The number of benzene rings is 1. The van der Waals surface area contributed by atoms with Gasteiger partial charge in [-0.05, 0) is 18.2 Å². The number of nitrogens with one attached hydrogen (secondary N) is 1. The van der Waals surface area contributed by atoms with Crippen LogP contribution in [0.5, 0.6) is 5.75 Å². The Morgan fingerprint density at radius 2 is 2.04 bits per heavy atom. The first-order valence-electron chi connectivity index (χ1n) is 7.98. The number of nitrogens with zero attached hydrogens (tertiary/aromatic N) is 1. The van der Waals surface area contributed by atoms with Crippen molar-refractivity contribution in [2.75, 3.05) is 37.1 Å². The first kappa shape index (κ1) is 21.6. The summed E-state index contributed by atoms with van der Waals surface area (Å²) >= 11 is 0. The van der Waals surface area contributed by atoms with Gasteiger partial charge in [-0.25, -0.2) is 16.8 Å². The molecule has 10 nitrogen and oxygen atoms in total. The molecule has 2 rings (SSSR count). The maximum absolute atomic E-state index is 13.2. The van der Waals surface area contributed by atoms with Gasteiger partial charge in [0.05, 0.1) is 37.4 Å². The normalized spacial score (nSPS) is 22.0. The number of aliphatic hydroxyl groups excluding tert-OH is 2. The zero-order valence-electron chi connectivity index (χ0n) is 14.8. The van der Waals surface area contributed by atoms with Crippen LogP contribution < -0.4 is 10.1 Å². The van der Waals surface area contributed by atoms with E-state index in [1.165, 1.54) is 32.2 Å². The highest BCUT2D eigenvalue weighted by Crippen LogP contribution is 2.32. The van der Waals surface area contributed by atoms with E-state index in [0.29, 0.717) is 0 Å². The van der Waals surface area contributed by atoms with Crippen LogP contribution in [0.1, 0.15) is 6.92 Å². The Bertz CT molecular complexity index is 914. The number of ether oxygens (including phenoxy) is 1. The molecule has 0 spiro atoms. The summed E-state index contributed by atoms with van der Waals surface area (Å²) in [6.07, 6.45) is -1.42. The third kappa shape index (κ3) is 4.76. The van der Waals surface area contributed by atoms with Crippen LogP contribution in [-0.2, 0) is 24.7 Å². The minimum atomic E-state index is -4.36. The van der Waals surface area contributed by atoms with E-state index in [1.54, 1.807) is 0 Å². The topological polar surface area (TPSA) is 150 Å². The van der Waals surface area contributed by atoms with Gasteiger partial charge in [-0.15, -0.1) is 0 Å². The minimum Gasteiger partial charge on any atom is -0.495 e. The van der Waals surface area contributed by atoms with Gasteiger partial charge in [-0.3, -0.25) is 4.79 Å². The summed E-state index contributed by atoms with van der Waals surface area (Å²) in [4.78, 5) is 10.9. The lowest BCUT2D eigenvalue weighted by molar-refractivity contribution is -0.114. The maximum atomic E-state index is 13.2. The predicted octanol–water partition coefficient (Wildman–Crippen LogP) is -1.21. The number of rotatable bonds is 7. The molecular formula is C15H22N2O8S2. The van der Waals surface area contributed by atoms with E-state index >= 15 is 0 Å². The lowest BCUT2D eigenvalue weighted by Crippen LogP contribution is -2.47. The van der Waals surface area contributed by atoms with Crippen LogP contribution in [0.3, 0.4) is 0 Å². The Labute approximate surface area is 157 Å². The van der Waals surface area contributed by atoms with Crippen molar-refractivity contribution in [3.05, 3.63) is 18.2 Å². The molecule has 27 heavy (non-hydrogen) atoms. The number of hydrogen-bond donors (Lipinski definition) is 3. The van der Waals surface area contributed by atoms with E-state index in [1.807, 2.05) is 0 Å². The Balaban J connectivity index is 2.54. The second-order valence-electron chi connectivity index (χ2n) is 6.10. The van der Waals surface area contributed by atoms with Gasteiger partial charge < -0.3 is 20.3 Å². The SMILES string of the molecule is COc1ccc(NC(C)=O)cc1S(=O)(=O)N(CCO)[C@@H]1CS(=O)(=O)C[C@H]1O. The van der Waals surface area contributed by atoms with E-state index in [2.05, 4.69) is 5.32 Å². The molecule has 1 fully saturated rings. The van der Waals surface area contributed by atoms with Crippen LogP contribution in [0.15, 0.2) is 23.1 Å². The van der Waals surface area contributed by atoms with Gasteiger partial charge in [-0.1, -0.05) is 0 Å². The third-order valence-electron chi connectivity index (χ3n) is 4.05. The number of aliphatic hydroxyl groups is 2. The first-order chi connectivity index (χ1) is 12.5. The molecule has 1 saturated heterocycles. The third-order valence-corrected chi connectivity index (χ3v) is 7.70. The number of carbonyl (C=O) groups excluding carboxylic acids is 1. The molecule has 0 bridgehead atoms. The van der Waals surface area contributed by atoms with Crippen molar-refractivity contribution in [1.29, 1.82) is 0 Å². The molecule has 1 heterocycles. The molecule has 12 heteroatoms. The summed E-state index contributed by atoms with van der Waals surface area (Å²) in [7, 11) is -6.71. The zero-order chi connectivity index (χ0) is 20.4. The van der Waals surface area contributed by atoms with E-state index in [4.69, 9.17) is 4.74 Å². The Morgan fingerprint density at radius 1 is 1.37 bits per heavy atom. The highest BCUT2D eigenvalue weighted by atomic mass is 32.2. The molecule has 1 aliphatic heterocycles. The summed E-state index contributed by atoms with van der Waals surface area (Å²) in [5.41, 5.74) is 0.199. The average Bonchev–Trinajstić information content (AvgIpc) is 2.84. The summed E-state index contributed by atoms with van der Waals surface area (Å²) in [6.45, 7) is 0.277. The van der Waals surface area contributed by atoms with E-state index < -0.39 is 62.6 Å². The van der Waals surface area contributed by atoms with Crippen LogP contribution in [0.25, 0.3) is 0 Å². The second-order valence-corrected chi connectivity index (χ2v) is 10.1. The molecule has 0 saturated carbocycles. The predicted molar refractivity (Wildman–Crippen MR) is 96.7 cm³/mol. The van der Waals surface area contributed by atoms with Gasteiger partial charge >= 0.3 is 0 Å². The summed E-state index contributed by atoms with van der Waals surface area (Å²) in [5, 5.41) is 21.8. The lowest BCUT2D eigenvalue weighted by Gasteiger charge is -2.29. The van der Waals surface area contributed by atoms with Gasteiger partial charge in [-0.2, -0.15) is 4.31 Å². The van der Waals surface area contributed by atoms with Crippen molar-refractivity contribution >= 4 is 31.5 Å². The van der Waals surface area contributed by atoms with Gasteiger partial charge in [0.2, 0.25) is 15.9 Å². The van der Waals surface area contributed by atoms with Crippen molar-refractivity contribution in [3.8, 4) is 5.75 Å².